The number of aryl methyl sites for hydroxylation is 2. The van der Waals surface area contributed by atoms with Gasteiger partial charge in [-0.3, -0.25) is 0 Å². The molecule has 0 amide bonds. The van der Waals surface area contributed by atoms with Gasteiger partial charge in [-0.1, -0.05) is 6.92 Å². The highest BCUT2D eigenvalue weighted by molar-refractivity contribution is 7.99. The zero-order valence-corrected chi connectivity index (χ0v) is 13.2. The van der Waals surface area contributed by atoms with E-state index in [9.17, 15) is 0 Å². The molecule has 0 aliphatic heterocycles. The fourth-order valence-corrected chi connectivity index (χ4v) is 3.66. The molecule has 0 bridgehead atoms. The quantitative estimate of drug-likeness (QED) is 0.761. The first-order valence-electron chi connectivity index (χ1n) is 6.32. The zero-order chi connectivity index (χ0) is 12.8. The number of nitrogens with zero attached hydrogens (tertiary/aromatic N) is 1. The summed E-state index contributed by atoms with van der Waals surface area (Å²) in [6.45, 7) is 10.9. The molecular weight excluding hydrogens is 248 g/mol. The molecule has 0 aliphatic carbocycles. The topological polar surface area (TPSA) is 24.9 Å². The van der Waals surface area contributed by atoms with Gasteiger partial charge in [-0.2, -0.15) is 11.8 Å². The molecular formula is C13H24N2S2. The molecule has 1 N–H and O–H groups in total. The lowest BCUT2D eigenvalue weighted by molar-refractivity contribution is 0.464. The number of aromatic nitrogens is 1. The van der Waals surface area contributed by atoms with Crippen LogP contribution in [0.15, 0.2) is 0 Å². The summed E-state index contributed by atoms with van der Waals surface area (Å²) in [6.07, 6.45) is 1.23. The van der Waals surface area contributed by atoms with Crippen molar-refractivity contribution in [3.05, 3.63) is 15.6 Å². The number of hydrogen-bond acceptors (Lipinski definition) is 4. The van der Waals surface area contributed by atoms with Crippen LogP contribution < -0.4 is 5.32 Å². The molecule has 1 aromatic heterocycles. The van der Waals surface area contributed by atoms with E-state index in [1.165, 1.54) is 33.5 Å². The van der Waals surface area contributed by atoms with Gasteiger partial charge in [-0.05, 0) is 45.6 Å². The summed E-state index contributed by atoms with van der Waals surface area (Å²) < 4.78 is 0. The minimum atomic E-state index is 0.363. The average molecular weight is 272 g/mol. The first-order chi connectivity index (χ1) is 8.04. The Labute approximate surface area is 114 Å². The molecule has 0 aliphatic rings. The highest BCUT2D eigenvalue weighted by Crippen LogP contribution is 2.23. The Morgan fingerprint density at radius 3 is 2.59 bits per heavy atom. The Hall–Kier alpha value is -0.0600. The van der Waals surface area contributed by atoms with Crippen molar-refractivity contribution < 1.29 is 0 Å². The average Bonchev–Trinajstić information content (AvgIpc) is 2.58. The third kappa shape index (κ3) is 4.98. The van der Waals surface area contributed by atoms with E-state index in [4.69, 9.17) is 0 Å². The van der Waals surface area contributed by atoms with Crippen LogP contribution in [0.25, 0.3) is 0 Å². The van der Waals surface area contributed by atoms with Crippen LogP contribution >= 0.6 is 23.1 Å². The predicted octanol–water partition coefficient (Wildman–Crippen LogP) is 3.94. The van der Waals surface area contributed by atoms with Crippen molar-refractivity contribution in [3.8, 4) is 0 Å². The van der Waals surface area contributed by atoms with Crippen LogP contribution in [-0.4, -0.2) is 22.5 Å². The number of thioether (sulfide) groups is 1. The molecule has 0 saturated carbocycles. The molecule has 1 heterocycles. The van der Waals surface area contributed by atoms with Crippen LogP contribution in [0.5, 0.6) is 0 Å². The molecule has 0 spiro atoms. The highest BCUT2D eigenvalue weighted by atomic mass is 32.2. The maximum absolute atomic E-state index is 4.61. The summed E-state index contributed by atoms with van der Waals surface area (Å²) in [5, 5.41) is 4.81. The normalized spacial score (nSPS) is 14.9. The molecule has 98 valence electrons. The Bertz CT molecular complexity index is 336. The minimum absolute atomic E-state index is 0.363. The van der Waals surface area contributed by atoms with E-state index >= 15 is 0 Å². The van der Waals surface area contributed by atoms with Crippen LogP contribution in [0.3, 0.4) is 0 Å². The van der Waals surface area contributed by atoms with E-state index in [0.29, 0.717) is 12.1 Å². The first kappa shape index (κ1) is 15.0. The van der Waals surface area contributed by atoms with E-state index in [1.807, 2.05) is 11.8 Å². The molecule has 4 heteroatoms. The van der Waals surface area contributed by atoms with Crippen molar-refractivity contribution in [2.75, 3.05) is 11.5 Å². The van der Waals surface area contributed by atoms with Crippen molar-refractivity contribution in [2.45, 2.75) is 53.1 Å². The molecule has 1 aromatic rings. The van der Waals surface area contributed by atoms with Crippen LogP contribution in [0, 0.1) is 13.8 Å². The molecule has 2 atom stereocenters. The molecule has 1 rings (SSSR count). The second-order valence-corrected chi connectivity index (χ2v) is 7.25. The highest BCUT2D eigenvalue weighted by Gasteiger charge is 2.14. The maximum atomic E-state index is 4.61. The Morgan fingerprint density at radius 1 is 1.35 bits per heavy atom. The number of thiazole rings is 1. The van der Waals surface area contributed by atoms with Gasteiger partial charge in [0.25, 0.3) is 0 Å². The monoisotopic (exact) mass is 272 g/mol. The third-order valence-corrected chi connectivity index (χ3v) is 4.62. The fraction of sp³-hybridized carbons (Fsp3) is 0.769. The lowest BCUT2D eigenvalue weighted by Crippen LogP contribution is -2.30. The molecule has 0 aromatic carbocycles. The van der Waals surface area contributed by atoms with Crippen LogP contribution in [0.2, 0.25) is 0 Å². The molecule has 2 unspecified atom stereocenters. The van der Waals surface area contributed by atoms with E-state index in [-0.39, 0.29) is 0 Å². The van der Waals surface area contributed by atoms with Gasteiger partial charge in [0.15, 0.2) is 0 Å². The fourth-order valence-electron chi connectivity index (χ4n) is 1.94. The summed E-state index contributed by atoms with van der Waals surface area (Å²) in [4.78, 5) is 5.96. The third-order valence-electron chi connectivity index (χ3n) is 2.78. The Kier molecular flexibility index (Phi) is 6.52. The van der Waals surface area contributed by atoms with E-state index in [0.717, 1.165) is 0 Å². The van der Waals surface area contributed by atoms with E-state index in [2.05, 4.69) is 44.9 Å². The SMILES string of the molecule is CCSCCC(C)NC(C)c1nc(C)sc1C. The lowest BCUT2D eigenvalue weighted by atomic mass is 10.1. The largest absolute Gasteiger partial charge is 0.306 e. The summed E-state index contributed by atoms with van der Waals surface area (Å²) in [6, 6.07) is 0.923. The molecule has 2 nitrogen and oxygen atoms in total. The van der Waals surface area contributed by atoms with Crippen LogP contribution in [0.1, 0.15) is 48.8 Å². The second kappa shape index (κ2) is 7.39. The predicted molar refractivity (Wildman–Crippen MR) is 80.2 cm³/mol. The van der Waals surface area contributed by atoms with Gasteiger partial charge in [-0.15, -0.1) is 11.3 Å². The van der Waals surface area contributed by atoms with Crippen molar-refractivity contribution in [2.24, 2.45) is 0 Å². The van der Waals surface area contributed by atoms with Gasteiger partial charge >= 0.3 is 0 Å². The summed E-state index contributed by atoms with van der Waals surface area (Å²) in [7, 11) is 0. The Morgan fingerprint density at radius 2 is 2.06 bits per heavy atom. The van der Waals surface area contributed by atoms with E-state index in [1.54, 1.807) is 11.3 Å². The second-order valence-electron chi connectivity index (χ2n) is 4.45. The zero-order valence-electron chi connectivity index (χ0n) is 11.5. The molecule has 0 fully saturated rings. The Balaban J connectivity index is 2.43. The summed E-state index contributed by atoms with van der Waals surface area (Å²) >= 11 is 3.80. The number of nitrogens with one attached hydrogen (secondary N) is 1. The smallest absolute Gasteiger partial charge is 0.0900 e. The van der Waals surface area contributed by atoms with Gasteiger partial charge < -0.3 is 5.32 Å². The minimum Gasteiger partial charge on any atom is -0.306 e. The van der Waals surface area contributed by atoms with Gasteiger partial charge in [0.05, 0.1) is 10.7 Å². The van der Waals surface area contributed by atoms with E-state index < -0.39 is 0 Å². The molecule has 17 heavy (non-hydrogen) atoms. The van der Waals surface area contributed by atoms with Gasteiger partial charge in [0.2, 0.25) is 0 Å². The summed E-state index contributed by atoms with van der Waals surface area (Å²) in [5.74, 6) is 2.46. The lowest BCUT2D eigenvalue weighted by Gasteiger charge is -2.19. The van der Waals surface area contributed by atoms with Crippen molar-refractivity contribution in [1.29, 1.82) is 0 Å². The first-order valence-corrected chi connectivity index (χ1v) is 8.29. The van der Waals surface area contributed by atoms with Crippen LogP contribution in [-0.2, 0) is 0 Å². The maximum Gasteiger partial charge on any atom is 0.0900 e. The van der Waals surface area contributed by atoms with Crippen molar-refractivity contribution in [3.63, 3.8) is 0 Å². The van der Waals surface area contributed by atoms with Crippen LogP contribution in [0.4, 0.5) is 0 Å². The number of rotatable bonds is 7. The standard InChI is InChI=1S/C13H24N2S2/c1-6-16-8-7-9(2)14-10(3)13-11(4)17-12(5)15-13/h9-10,14H,6-8H2,1-5H3. The van der Waals surface area contributed by atoms with Gasteiger partial charge in [-0.25, -0.2) is 4.98 Å². The molecule has 0 radical (unpaired) electrons. The molecule has 0 saturated heterocycles. The van der Waals surface area contributed by atoms with Crippen molar-refractivity contribution in [1.82, 2.24) is 10.3 Å². The number of hydrogen-bond donors (Lipinski definition) is 1. The summed E-state index contributed by atoms with van der Waals surface area (Å²) in [5.41, 5.74) is 1.22. The van der Waals surface area contributed by atoms with Gasteiger partial charge in [0, 0.05) is 17.0 Å². The van der Waals surface area contributed by atoms with Crippen molar-refractivity contribution >= 4 is 23.1 Å². The van der Waals surface area contributed by atoms with Gasteiger partial charge in [0.1, 0.15) is 0 Å².